The van der Waals surface area contributed by atoms with Gasteiger partial charge < -0.3 is 14.8 Å². The van der Waals surface area contributed by atoms with Crippen LogP contribution in [0.2, 0.25) is 5.02 Å². The molecule has 4 aromatic rings. The first kappa shape index (κ1) is 22.5. The van der Waals surface area contributed by atoms with Crippen molar-refractivity contribution in [1.29, 1.82) is 0 Å². The number of carbonyl (C=O) groups is 2. The number of nitrogens with zero attached hydrogens (tertiary/aromatic N) is 2. The van der Waals surface area contributed by atoms with Gasteiger partial charge in [-0.05, 0) is 37.3 Å². The molecule has 168 valence electrons. The number of anilines is 1. The van der Waals surface area contributed by atoms with Gasteiger partial charge in [0.1, 0.15) is 10.8 Å². The van der Waals surface area contributed by atoms with E-state index in [1.54, 1.807) is 54.8 Å². The second kappa shape index (κ2) is 9.43. The predicted molar refractivity (Wildman–Crippen MR) is 127 cm³/mol. The number of halogens is 1. The maximum atomic E-state index is 13.5. The van der Waals surface area contributed by atoms with E-state index in [0.29, 0.717) is 27.4 Å². The molecule has 0 unspecified atom stereocenters. The van der Waals surface area contributed by atoms with Crippen molar-refractivity contribution >= 4 is 50.6 Å². The van der Waals surface area contributed by atoms with Gasteiger partial charge in [-0.15, -0.1) is 11.3 Å². The van der Waals surface area contributed by atoms with E-state index in [4.69, 9.17) is 21.1 Å². The SMILES string of the molecule is CCOC(=O)c1nn(-c2cccc(OC)c2)c(=O)c2c(NC(=O)c3cccc(Cl)c3)scc12. The summed E-state index contributed by atoms with van der Waals surface area (Å²) in [7, 11) is 1.50. The van der Waals surface area contributed by atoms with Gasteiger partial charge in [-0.1, -0.05) is 23.7 Å². The number of hydrogen-bond acceptors (Lipinski definition) is 7. The molecule has 0 saturated carbocycles. The van der Waals surface area contributed by atoms with E-state index in [9.17, 15) is 14.4 Å². The lowest BCUT2D eigenvalue weighted by atomic mass is 10.2. The van der Waals surface area contributed by atoms with Gasteiger partial charge in [0.2, 0.25) is 0 Å². The molecule has 0 fully saturated rings. The number of carbonyl (C=O) groups excluding carboxylic acids is 2. The highest BCUT2D eigenvalue weighted by Gasteiger charge is 2.23. The highest BCUT2D eigenvalue weighted by atomic mass is 35.5. The fourth-order valence-electron chi connectivity index (χ4n) is 3.21. The van der Waals surface area contributed by atoms with Crippen LogP contribution in [0.1, 0.15) is 27.8 Å². The number of aromatic nitrogens is 2. The molecule has 1 amide bonds. The zero-order valence-corrected chi connectivity index (χ0v) is 19.2. The highest BCUT2D eigenvalue weighted by Crippen LogP contribution is 2.31. The number of thiophene rings is 1. The van der Waals surface area contributed by atoms with E-state index in [0.717, 1.165) is 16.0 Å². The minimum absolute atomic E-state index is 0.0335. The van der Waals surface area contributed by atoms with Gasteiger partial charge in [0, 0.05) is 27.4 Å². The fourth-order valence-corrected chi connectivity index (χ4v) is 4.34. The summed E-state index contributed by atoms with van der Waals surface area (Å²) in [6, 6.07) is 13.1. The van der Waals surface area contributed by atoms with Crippen LogP contribution < -0.4 is 15.6 Å². The van der Waals surface area contributed by atoms with E-state index < -0.39 is 17.4 Å². The van der Waals surface area contributed by atoms with Crippen molar-refractivity contribution in [2.45, 2.75) is 6.92 Å². The average molecular weight is 484 g/mol. The molecule has 33 heavy (non-hydrogen) atoms. The minimum Gasteiger partial charge on any atom is -0.497 e. The number of fused-ring (bicyclic) bond motifs is 1. The number of ether oxygens (including phenoxy) is 2. The Kier molecular flexibility index (Phi) is 6.43. The van der Waals surface area contributed by atoms with Crippen molar-refractivity contribution in [3.05, 3.63) is 80.5 Å². The lowest BCUT2D eigenvalue weighted by molar-refractivity contribution is 0.0520. The van der Waals surface area contributed by atoms with E-state index in [1.807, 2.05) is 0 Å². The van der Waals surface area contributed by atoms with Gasteiger partial charge in [0.05, 0.1) is 24.8 Å². The Balaban J connectivity index is 1.89. The molecular weight excluding hydrogens is 466 g/mol. The minimum atomic E-state index is -0.676. The molecule has 0 radical (unpaired) electrons. The van der Waals surface area contributed by atoms with Crippen LogP contribution in [0, 0.1) is 0 Å². The molecule has 0 saturated heterocycles. The molecule has 1 N–H and O–H groups in total. The molecule has 0 aliphatic rings. The maximum Gasteiger partial charge on any atom is 0.359 e. The zero-order chi connectivity index (χ0) is 23.5. The molecular formula is C23H18ClN3O5S. The molecule has 2 aromatic heterocycles. The monoisotopic (exact) mass is 483 g/mol. The molecule has 0 atom stereocenters. The number of rotatable bonds is 6. The standard InChI is InChI=1S/C23H18ClN3O5S/c1-3-32-23(30)19-17-12-33-21(25-20(28)13-6-4-7-14(24)10-13)18(17)22(29)27(26-19)15-8-5-9-16(11-15)31-2/h4-12H,3H2,1-2H3,(H,25,28). The van der Waals surface area contributed by atoms with E-state index in [1.165, 1.54) is 13.2 Å². The molecule has 4 rings (SSSR count). The second-order valence-electron chi connectivity index (χ2n) is 6.81. The van der Waals surface area contributed by atoms with Gasteiger partial charge >= 0.3 is 5.97 Å². The molecule has 0 bridgehead atoms. The fraction of sp³-hybridized carbons (Fsp3) is 0.130. The van der Waals surface area contributed by atoms with Crippen LogP contribution in [0.3, 0.4) is 0 Å². The number of amides is 1. The Morgan fingerprint density at radius 2 is 1.97 bits per heavy atom. The van der Waals surface area contributed by atoms with Crippen molar-refractivity contribution in [3.8, 4) is 11.4 Å². The van der Waals surface area contributed by atoms with Crippen LogP contribution >= 0.6 is 22.9 Å². The van der Waals surface area contributed by atoms with Crippen LogP contribution in [0.25, 0.3) is 16.5 Å². The smallest absolute Gasteiger partial charge is 0.359 e. The van der Waals surface area contributed by atoms with Gasteiger partial charge in [-0.2, -0.15) is 9.78 Å². The number of methoxy groups -OCH3 is 1. The van der Waals surface area contributed by atoms with Crippen LogP contribution in [0.5, 0.6) is 5.75 Å². The Morgan fingerprint density at radius 1 is 1.18 bits per heavy atom. The van der Waals surface area contributed by atoms with Crippen molar-refractivity contribution in [1.82, 2.24) is 9.78 Å². The molecule has 8 nitrogen and oxygen atoms in total. The summed E-state index contributed by atoms with van der Waals surface area (Å²) in [4.78, 5) is 38.9. The molecule has 2 heterocycles. The Labute approximate surface area is 197 Å². The molecule has 2 aromatic carbocycles. The van der Waals surface area contributed by atoms with Gasteiger partial charge in [-0.3, -0.25) is 9.59 Å². The third kappa shape index (κ3) is 4.46. The first-order valence-electron chi connectivity index (χ1n) is 9.86. The summed E-state index contributed by atoms with van der Waals surface area (Å²) in [5.74, 6) is -0.605. The number of hydrogen-bond donors (Lipinski definition) is 1. The van der Waals surface area contributed by atoms with E-state index in [-0.39, 0.29) is 22.7 Å². The topological polar surface area (TPSA) is 99.5 Å². The number of nitrogens with one attached hydrogen (secondary N) is 1. The Morgan fingerprint density at radius 3 is 2.70 bits per heavy atom. The number of benzene rings is 2. The molecule has 10 heteroatoms. The average Bonchev–Trinajstić information content (AvgIpc) is 3.23. The van der Waals surface area contributed by atoms with Gasteiger partial charge in [-0.25, -0.2) is 4.79 Å². The van der Waals surface area contributed by atoms with Crippen LogP contribution in [-0.2, 0) is 4.74 Å². The summed E-state index contributed by atoms with van der Waals surface area (Å²) >= 11 is 7.10. The van der Waals surface area contributed by atoms with E-state index in [2.05, 4.69) is 10.4 Å². The summed E-state index contributed by atoms with van der Waals surface area (Å²) in [6.07, 6.45) is 0. The molecule has 0 aliphatic carbocycles. The Bertz CT molecular complexity index is 1430. The van der Waals surface area contributed by atoms with Crippen molar-refractivity contribution in [3.63, 3.8) is 0 Å². The first-order valence-corrected chi connectivity index (χ1v) is 11.1. The quantitative estimate of drug-likeness (QED) is 0.404. The van der Waals surface area contributed by atoms with Crippen LogP contribution in [0.15, 0.2) is 58.7 Å². The third-order valence-electron chi connectivity index (χ3n) is 4.73. The summed E-state index contributed by atoms with van der Waals surface area (Å²) in [5.41, 5.74) is 0.185. The zero-order valence-electron chi connectivity index (χ0n) is 17.6. The van der Waals surface area contributed by atoms with Crippen LogP contribution in [-0.4, -0.2) is 35.4 Å². The summed E-state index contributed by atoms with van der Waals surface area (Å²) in [5, 5.41) is 9.76. The first-order chi connectivity index (χ1) is 15.9. The van der Waals surface area contributed by atoms with Gasteiger partial charge in [0.15, 0.2) is 5.69 Å². The molecule has 0 aliphatic heterocycles. The highest BCUT2D eigenvalue weighted by molar-refractivity contribution is 7.16. The number of esters is 1. The van der Waals surface area contributed by atoms with Crippen molar-refractivity contribution < 1.29 is 19.1 Å². The normalized spacial score (nSPS) is 10.8. The summed E-state index contributed by atoms with van der Waals surface area (Å²) < 4.78 is 11.5. The predicted octanol–water partition coefficient (Wildman–Crippen LogP) is 4.54. The Hall–Kier alpha value is -3.69. The maximum absolute atomic E-state index is 13.5. The van der Waals surface area contributed by atoms with Crippen LogP contribution in [0.4, 0.5) is 5.00 Å². The molecule has 0 spiro atoms. The van der Waals surface area contributed by atoms with Crippen molar-refractivity contribution in [2.75, 3.05) is 19.0 Å². The van der Waals surface area contributed by atoms with Crippen molar-refractivity contribution in [2.24, 2.45) is 0 Å². The van der Waals surface area contributed by atoms with E-state index >= 15 is 0 Å². The second-order valence-corrected chi connectivity index (χ2v) is 8.12. The van der Waals surface area contributed by atoms with Gasteiger partial charge in [0.25, 0.3) is 11.5 Å². The largest absolute Gasteiger partial charge is 0.497 e. The lowest BCUT2D eigenvalue weighted by Crippen LogP contribution is -2.25. The summed E-state index contributed by atoms with van der Waals surface area (Å²) in [6.45, 7) is 1.82. The third-order valence-corrected chi connectivity index (χ3v) is 5.86. The lowest BCUT2D eigenvalue weighted by Gasteiger charge is -2.11.